The summed E-state index contributed by atoms with van der Waals surface area (Å²) in [6.45, 7) is 2.16. The van der Waals surface area contributed by atoms with Crippen LogP contribution in [0.15, 0.2) is 48.5 Å². The first-order chi connectivity index (χ1) is 11.1. The van der Waals surface area contributed by atoms with Gasteiger partial charge in [-0.15, -0.1) is 0 Å². The fourth-order valence-electron chi connectivity index (χ4n) is 1.94. The van der Waals surface area contributed by atoms with E-state index >= 15 is 0 Å². The molecule has 0 unspecified atom stereocenters. The molecule has 0 saturated heterocycles. The number of amides is 1. The van der Waals surface area contributed by atoms with Gasteiger partial charge in [0.05, 0.1) is 0 Å². The first-order valence-corrected chi connectivity index (χ1v) is 7.73. The van der Waals surface area contributed by atoms with Crippen molar-refractivity contribution in [3.63, 3.8) is 0 Å². The minimum atomic E-state index is -0.214. The van der Waals surface area contributed by atoms with Crippen molar-refractivity contribution in [3.8, 4) is 5.75 Å². The van der Waals surface area contributed by atoms with Gasteiger partial charge >= 0.3 is 0 Å². The van der Waals surface area contributed by atoms with E-state index in [9.17, 15) is 9.59 Å². The highest BCUT2D eigenvalue weighted by Gasteiger charge is 2.05. The predicted octanol–water partition coefficient (Wildman–Crippen LogP) is 3.63. The summed E-state index contributed by atoms with van der Waals surface area (Å²) >= 11 is 5.80. The summed E-state index contributed by atoms with van der Waals surface area (Å²) in [4.78, 5) is 23.3. The SMILES string of the molecule is CCC(=O)c1ccc(OCC(=O)NCc2ccc(Cl)cc2)cc1. The number of hydrogen-bond donors (Lipinski definition) is 1. The summed E-state index contributed by atoms with van der Waals surface area (Å²) in [7, 11) is 0. The fourth-order valence-corrected chi connectivity index (χ4v) is 2.07. The Labute approximate surface area is 140 Å². The van der Waals surface area contributed by atoms with Gasteiger partial charge in [0.25, 0.3) is 5.91 Å². The number of carbonyl (C=O) groups is 2. The van der Waals surface area contributed by atoms with Gasteiger partial charge in [-0.05, 0) is 42.0 Å². The Hall–Kier alpha value is -2.33. The first kappa shape index (κ1) is 17.0. The molecule has 2 aromatic rings. The molecule has 23 heavy (non-hydrogen) atoms. The zero-order valence-electron chi connectivity index (χ0n) is 12.8. The molecule has 0 bridgehead atoms. The van der Waals surface area contributed by atoms with Crippen LogP contribution >= 0.6 is 11.6 Å². The van der Waals surface area contributed by atoms with Gasteiger partial charge in [0.2, 0.25) is 0 Å². The zero-order chi connectivity index (χ0) is 16.7. The van der Waals surface area contributed by atoms with E-state index in [2.05, 4.69) is 5.32 Å². The molecule has 0 aliphatic rings. The van der Waals surface area contributed by atoms with Gasteiger partial charge in [0.1, 0.15) is 5.75 Å². The highest BCUT2D eigenvalue weighted by atomic mass is 35.5. The number of nitrogens with one attached hydrogen (secondary N) is 1. The smallest absolute Gasteiger partial charge is 0.258 e. The second-order valence-corrected chi connectivity index (χ2v) is 5.43. The van der Waals surface area contributed by atoms with Crippen LogP contribution in [0.3, 0.4) is 0 Å². The van der Waals surface area contributed by atoms with E-state index in [0.29, 0.717) is 29.3 Å². The Bertz CT molecular complexity index is 666. The molecule has 0 aliphatic carbocycles. The highest BCUT2D eigenvalue weighted by molar-refractivity contribution is 6.30. The number of Topliss-reactive ketones (excluding diaryl/α,β-unsaturated/α-hetero) is 1. The molecule has 0 atom stereocenters. The summed E-state index contributed by atoms with van der Waals surface area (Å²) < 4.78 is 5.40. The van der Waals surface area contributed by atoms with E-state index in [-0.39, 0.29) is 18.3 Å². The van der Waals surface area contributed by atoms with Crippen LogP contribution in [0.4, 0.5) is 0 Å². The van der Waals surface area contributed by atoms with Crippen molar-refractivity contribution in [2.75, 3.05) is 6.61 Å². The summed E-state index contributed by atoms with van der Waals surface area (Å²) in [6, 6.07) is 14.0. The van der Waals surface area contributed by atoms with E-state index < -0.39 is 0 Å². The molecule has 0 saturated carbocycles. The Morgan fingerprint density at radius 1 is 1.04 bits per heavy atom. The third kappa shape index (κ3) is 5.42. The lowest BCUT2D eigenvalue weighted by molar-refractivity contribution is -0.123. The number of ether oxygens (including phenoxy) is 1. The third-order valence-electron chi connectivity index (χ3n) is 3.27. The lowest BCUT2D eigenvalue weighted by Crippen LogP contribution is -2.28. The van der Waals surface area contributed by atoms with E-state index in [1.807, 2.05) is 19.1 Å². The first-order valence-electron chi connectivity index (χ1n) is 7.35. The minimum absolute atomic E-state index is 0.0747. The molecule has 5 heteroatoms. The van der Waals surface area contributed by atoms with Crippen LogP contribution in [0.5, 0.6) is 5.75 Å². The lowest BCUT2D eigenvalue weighted by atomic mass is 10.1. The number of benzene rings is 2. The number of carbonyl (C=O) groups excluding carboxylic acids is 2. The molecule has 2 rings (SSSR count). The Balaban J connectivity index is 1.77. The number of rotatable bonds is 7. The van der Waals surface area contributed by atoms with Crippen LogP contribution in [-0.2, 0) is 11.3 Å². The van der Waals surface area contributed by atoms with Crippen molar-refractivity contribution in [2.45, 2.75) is 19.9 Å². The van der Waals surface area contributed by atoms with Gasteiger partial charge in [-0.3, -0.25) is 9.59 Å². The van der Waals surface area contributed by atoms with Crippen molar-refractivity contribution in [2.24, 2.45) is 0 Å². The molecular weight excluding hydrogens is 314 g/mol. The van der Waals surface area contributed by atoms with Gasteiger partial charge in [-0.25, -0.2) is 0 Å². The summed E-state index contributed by atoms with van der Waals surface area (Å²) in [6.07, 6.45) is 0.466. The quantitative estimate of drug-likeness (QED) is 0.788. The second kappa shape index (κ2) is 8.34. The normalized spacial score (nSPS) is 10.2. The molecular formula is C18H18ClNO3. The topological polar surface area (TPSA) is 55.4 Å². The maximum atomic E-state index is 11.8. The lowest BCUT2D eigenvalue weighted by Gasteiger charge is -2.08. The Morgan fingerprint density at radius 2 is 1.70 bits per heavy atom. The molecule has 0 spiro atoms. The van der Waals surface area contributed by atoms with Crippen LogP contribution in [0.2, 0.25) is 5.02 Å². The summed E-state index contributed by atoms with van der Waals surface area (Å²) in [5.74, 6) is 0.421. The number of ketones is 1. The van der Waals surface area contributed by atoms with Crippen LogP contribution in [0.1, 0.15) is 29.3 Å². The van der Waals surface area contributed by atoms with E-state index in [0.717, 1.165) is 5.56 Å². The molecule has 0 fully saturated rings. The Morgan fingerprint density at radius 3 is 2.30 bits per heavy atom. The molecule has 120 valence electrons. The van der Waals surface area contributed by atoms with Crippen molar-refractivity contribution >= 4 is 23.3 Å². The van der Waals surface area contributed by atoms with Crippen LogP contribution in [-0.4, -0.2) is 18.3 Å². The standard InChI is InChI=1S/C18H18ClNO3/c1-2-17(21)14-5-9-16(10-6-14)23-12-18(22)20-11-13-3-7-15(19)8-4-13/h3-10H,2,11-12H2,1H3,(H,20,22). The molecule has 4 nitrogen and oxygen atoms in total. The average Bonchev–Trinajstić information content (AvgIpc) is 2.59. The minimum Gasteiger partial charge on any atom is -0.484 e. The number of hydrogen-bond acceptors (Lipinski definition) is 3. The van der Waals surface area contributed by atoms with E-state index in [1.165, 1.54) is 0 Å². The van der Waals surface area contributed by atoms with Gasteiger partial charge in [-0.1, -0.05) is 30.7 Å². The van der Waals surface area contributed by atoms with Crippen molar-refractivity contribution < 1.29 is 14.3 Å². The maximum Gasteiger partial charge on any atom is 0.258 e. The van der Waals surface area contributed by atoms with Gasteiger partial charge in [0.15, 0.2) is 12.4 Å². The van der Waals surface area contributed by atoms with E-state index in [4.69, 9.17) is 16.3 Å². The highest BCUT2D eigenvalue weighted by Crippen LogP contribution is 2.13. The molecule has 1 N–H and O–H groups in total. The largest absolute Gasteiger partial charge is 0.484 e. The van der Waals surface area contributed by atoms with Crippen LogP contribution in [0.25, 0.3) is 0 Å². The molecule has 0 heterocycles. The van der Waals surface area contributed by atoms with Crippen LogP contribution in [0, 0.1) is 0 Å². The molecule has 2 aromatic carbocycles. The predicted molar refractivity (Wildman–Crippen MR) is 89.9 cm³/mol. The molecule has 0 radical (unpaired) electrons. The summed E-state index contributed by atoms with van der Waals surface area (Å²) in [5, 5.41) is 3.43. The van der Waals surface area contributed by atoms with E-state index in [1.54, 1.807) is 36.4 Å². The van der Waals surface area contributed by atoms with Gasteiger partial charge < -0.3 is 10.1 Å². The van der Waals surface area contributed by atoms with Crippen molar-refractivity contribution in [1.29, 1.82) is 0 Å². The summed E-state index contributed by atoms with van der Waals surface area (Å²) in [5.41, 5.74) is 1.61. The van der Waals surface area contributed by atoms with Crippen LogP contribution < -0.4 is 10.1 Å². The fraction of sp³-hybridized carbons (Fsp3) is 0.222. The van der Waals surface area contributed by atoms with Gasteiger partial charge in [0, 0.05) is 23.6 Å². The second-order valence-electron chi connectivity index (χ2n) is 4.99. The monoisotopic (exact) mass is 331 g/mol. The maximum absolute atomic E-state index is 11.8. The Kier molecular flexibility index (Phi) is 6.18. The third-order valence-corrected chi connectivity index (χ3v) is 3.52. The molecule has 0 aliphatic heterocycles. The van der Waals surface area contributed by atoms with Crippen molar-refractivity contribution in [1.82, 2.24) is 5.32 Å². The van der Waals surface area contributed by atoms with Crippen molar-refractivity contribution in [3.05, 3.63) is 64.7 Å². The average molecular weight is 332 g/mol. The number of halogens is 1. The zero-order valence-corrected chi connectivity index (χ0v) is 13.6. The molecule has 1 amide bonds. The van der Waals surface area contributed by atoms with Gasteiger partial charge in [-0.2, -0.15) is 0 Å². The molecule has 0 aromatic heterocycles.